The van der Waals surface area contributed by atoms with Crippen LogP contribution in [0.25, 0.3) is 0 Å². The number of fused-ring (bicyclic) bond motifs is 7. The number of aliphatic carboxylic acids is 1. The number of aliphatic hydroxyl groups excluding tert-OH is 9. The topological polar surface area (TPSA) is 293 Å². The Morgan fingerprint density at radius 3 is 1.86 bits per heavy atom. The van der Waals surface area contributed by atoms with E-state index >= 15 is 0 Å². The van der Waals surface area contributed by atoms with Crippen molar-refractivity contribution in [2.45, 2.75) is 243 Å². The van der Waals surface area contributed by atoms with Crippen LogP contribution >= 0.6 is 0 Å². The maximum absolute atomic E-state index is 13.2. The normalized spacial score (nSPS) is 54.9. The number of rotatable bonds is 9. The SMILES string of the molecule is C[C@@H]1O[C@@H](O[C@@H]2[C@@H](O)[C@H](O[C@@H]3[C@@H](O)[C@H](C)O[C@@H](O[C@H]4[C@H](O[C@H]5CC[C@]6(C)[C@H]7CC=C8[C@H]9CC(C)(C)CC[C@]9(C(=O)O)CC[C@@]8(C)[C@]7(C)CC[C@H]6C5(C)C)OC[C@H](O)[C@@H]4O)[C@@H]3O)OC[C@H]2O)[C@H](O)[C@H](O)[C@H]1O. The van der Waals surface area contributed by atoms with E-state index in [2.05, 4.69) is 54.5 Å². The first kappa shape index (κ1) is 54.3. The van der Waals surface area contributed by atoms with Gasteiger partial charge in [0.25, 0.3) is 0 Å². The lowest BCUT2D eigenvalue weighted by atomic mass is 9.33. The van der Waals surface area contributed by atoms with Crippen molar-refractivity contribution in [3.05, 3.63) is 11.6 Å². The van der Waals surface area contributed by atoms with Gasteiger partial charge < -0.3 is 89.0 Å². The van der Waals surface area contributed by atoms with Crippen LogP contribution in [-0.4, -0.2) is 187 Å². The fourth-order valence-electron chi connectivity index (χ4n) is 16.0. The van der Waals surface area contributed by atoms with E-state index in [0.717, 1.165) is 51.4 Å². The second kappa shape index (κ2) is 19.2. The molecule has 4 saturated carbocycles. The summed E-state index contributed by atoms with van der Waals surface area (Å²) in [5.74, 6) is -0.0337. The third-order valence-corrected chi connectivity index (χ3v) is 20.6. The molecule has 9 rings (SSSR count). The first-order valence-electron chi connectivity index (χ1n) is 26.3. The molecule has 0 aromatic rings. The van der Waals surface area contributed by atoms with Crippen LogP contribution in [0.15, 0.2) is 11.6 Å². The third kappa shape index (κ3) is 8.81. The van der Waals surface area contributed by atoms with E-state index in [0.29, 0.717) is 18.8 Å². The van der Waals surface area contributed by atoms with E-state index in [9.17, 15) is 55.9 Å². The zero-order valence-electron chi connectivity index (χ0n) is 42.9. The van der Waals surface area contributed by atoms with Crippen molar-refractivity contribution in [1.29, 1.82) is 0 Å². The molecule has 71 heavy (non-hydrogen) atoms. The van der Waals surface area contributed by atoms with Crippen molar-refractivity contribution >= 4 is 5.97 Å². The number of carboxylic acid groups (broad SMARTS) is 1. The van der Waals surface area contributed by atoms with Gasteiger partial charge in [0, 0.05) is 0 Å². The number of allylic oxidation sites excluding steroid dienone is 2. The highest BCUT2D eigenvalue weighted by Gasteiger charge is 2.70. The predicted molar refractivity (Wildman–Crippen MR) is 248 cm³/mol. The van der Waals surface area contributed by atoms with E-state index in [1.807, 2.05) is 0 Å². The number of carbonyl (C=O) groups is 1. The van der Waals surface area contributed by atoms with Gasteiger partial charge in [-0.25, -0.2) is 0 Å². The second-order valence-electron chi connectivity index (χ2n) is 25.4. The zero-order chi connectivity index (χ0) is 51.7. The highest BCUT2D eigenvalue weighted by molar-refractivity contribution is 5.76. The van der Waals surface area contributed by atoms with Crippen molar-refractivity contribution in [2.24, 2.45) is 50.2 Å². The Bertz CT molecular complexity index is 1970. The molecule has 19 nitrogen and oxygen atoms in total. The van der Waals surface area contributed by atoms with E-state index in [-0.39, 0.29) is 46.2 Å². The van der Waals surface area contributed by atoms with Crippen molar-refractivity contribution in [3.63, 3.8) is 0 Å². The minimum Gasteiger partial charge on any atom is -0.481 e. The van der Waals surface area contributed by atoms with Crippen LogP contribution < -0.4 is 0 Å². The van der Waals surface area contributed by atoms with Crippen molar-refractivity contribution < 1.29 is 93.8 Å². The van der Waals surface area contributed by atoms with Gasteiger partial charge in [0.15, 0.2) is 25.2 Å². The third-order valence-electron chi connectivity index (χ3n) is 20.6. The molecule has 19 heteroatoms. The standard InChI is InChI=1S/C52H84O19/c1-23-32(55)35(58)36(59)43(66-23)69-39-28(54)22-64-42(37(39)60)70-40-33(56)24(2)67-44(38(40)61)71-41-34(57)27(53)21-65-45(41)68-31-13-14-49(7)29(48(31,5)6)12-15-51(9)30(49)11-10-25-26-20-47(3,4)16-18-52(26,46(62)63)19-17-50(25,51)8/h10,23-24,26-45,53-61H,11-22H2,1-9H3,(H,62,63)/t23-,24-,26+,27-,28+,29-,30+,31-,32-,33-,34-,35+,36+,37+,38+,39-,40+,41+,42-,43-,44-,45-,49-,50+,51+,52-/m0/s1. The first-order chi connectivity index (χ1) is 33.1. The van der Waals surface area contributed by atoms with Gasteiger partial charge in [0.2, 0.25) is 0 Å². The molecule has 5 aliphatic carbocycles. The summed E-state index contributed by atoms with van der Waals surface area (Å²) in [6.45, 7) is 18.7. The Labute approximate surface area is 417 Å². The van der Waals surface area contributed by atoms with Crippen LogP contribution in [0.2, 0.25) is 0 Å². The zero-order valence-corrected chi connectivity index (χ0v) is 42.9. The second-order valence-corrected chi connectivity index (χ2v) is 25.4. The lowest BCUT2D eigenvalue weighted by molar-refractivity contribution is -0.384. The smallest absolute Gasteiger partial charge is 0.310 e. The molecule has 0 aromatic carbocycles. The summed E-state index contributed by atoms with van der Waals surface area (Å²) < 4.78 is 48.1. The minimum atomic E-state index is -1.79. The number of hydrogen-bond donors (Lipinski definition) is 10. The van der Waals surface area contributed by atoms with Crippen LogP contribution in [0.3, 0.4) is 0 Å². The van der Waals surface area contributed by atoms with Gasteiger partial charge in [0.1, 0.15) is 73.2 Å². The van der Waals surface area contributed by atoms with E-state index in [1.54, 1.807) is 0 Å². The Balaban J connectivity index is 0.893. The minimum absolute atomic E-state index is 0.0248. The van der Waals surface area contributed by atoms with Gasteiger partial charge >= 0.3 is 5.97 Å². The van der Waals surface area contributed by atoms with Crippen LogP contribution in [0.1, 0.15) is 127 Å². The summed E-state index contributed by atoms with van der Waals surface area (Å²) in [6, 6.07) is 0. The van der Waals surface area contributed by atoms with Gasteiger partial charge in [-0.3, -0.25) is 4.79 Å². The van der Waals surface area contributed by atoms with Gasteiger partial charge in [-0.15, -0.1) is 0 Å². The lowest BCUT2D eigenvalue weighted by Crippen LogP contribution is -2.66. The van der Waals surface area contributed by atoms with Crippen LogP contribution in [0.5, 0.6) is 0 Å². The molecule has 406 valence electrons. The fourth-order valence-corrected chi connectivity index (χ4v) is 16.0. The van der Waals surface area contributed by atoms with Crippen molar-refractivity contribution in [2.75, 3.05) is 13.2 Å². The van der Waals surface area contributed by atoms with E-state index < -0.39 is 134 Å². The van der Waals surface area contributed by atoms with Gasteiger partial charge in [-0.1, -0.05) is 60.1 Å². The van der Waals surface area contributed by atoms with Crippen LogP contribution in [0.4, 0.5) is 0 Å². The van der Waals surface area contributed by atoms with E-state index in [4.69, 9.17) is 37.9 Å². The highest BCUT2D eigenvalue weighted by Crippen LogP contribution is 2.76. The average molecular weight is 1010 g/mol. The molecule has 9 aliphatic rings. The fraction of sp³-hybridized carbons (Fsp3) is 0.942. The lowest BCUT2D eigenvalue weighted by Gasteiger charge is -2.71. The molecular weight excluding hydrogens is 929 g/mol. The average Bonchev–Trinajstić information content (AvgIpc) is 3.30. The summed E-state index contributed by atoms with van der Waals surface area (Å²) >= 11 is 0. The quantitative estimate of drug-likeness (QED) is 0.117. The Morgan fingerprint density at radius 2 is 1.17 bits per heavy atom. The molecule has 0 bridgehead atoms. The van der Waals surface area contributed by atoms with Gasteiger partial charge in [-0.05, 0) is 123 Å². The molecule has 0 radical (unpaired) electrons. The summed E-state index contributed by atoms with van der Waals surface area (Å²) in [5.41, 5.74) is 0.101. The maximum Gasteiger partial charge on any atom is 0.310 e. The molecule has 8 fully saturated rings. The molecule has 4 heterocycles. The molecule has 26 atom stereocenters. The Morgan fingerprint density at radius 1 is 0.577 bits per heavy atom. The number of aliphatic hydroxyl groups is 9. The van der Waals surface area contributed by atoms with Gasteiger partial charge in [-0.2, -0.15) is 0 Å². The van der Waals surface area contributed by atoms with E-state index in [1.165, 1.54) is 19.4 Å². The number of carboxylic acids is 1. The molecule has 4 aliphatic heterocycles. The first-order valence-corrected chi connectivity index (χ1v) is 26.3. The molecule has 0 unspecified atom stereocenters. The monoisotopic (exact) mass is 1010 g/mol. The van der Waals surface area contributed by atoms with Crippen LogP contribution in [0, 0.1) is 50.2 Å². The molecular formula is C52H84O19. The van der Waals surface area contributed by atoms with Gasteiger partial charge in [0.05, 0.1) is 36.9 Å². The predicted octanol–water partition coefficient (Wildman–Crippen LogP) is 1.86. The number of hydrogen-bond acceptors (Lipinski definition) is 18. The van der Waals surface area contributed by atoms with Crippen molar-refractivity contribution in [1.82, 2.24) is 0 Å². The summed E-state index contributed by atoms with van der Waals surface area (Å²) in [5, 5.41) is 109. The molecule has 10 N–H and O–H groups in total. The molecule has 0 spiro atoms. The number of ether oxygens (including phenoxy) is 8. The summed E-state index contributed by atoms with van der Waals surface area (Å²) in [4.78, 5) is 13.2. The Kier molecular flexibility index (Phi) is 14.7. The highest BCUT2D eigenvalue weighted by atomic mass is 16.8. The summed E-state index contributed by atoms with van der Waals surface area (Å²) in [7, 11) is 0. The van der Waals surface area contributed by atoms with Crippen molar-refractivity contribution in [3.8, 4) is 0 Å². The molecule has 4 saturated heterocycles. The molecule has 0 amide bonds. The van der Waals surface area contributed by atoms with Crippen LogP contribution in [-0.2, 0) is 42.7 Å². The molecule has 0 aromatic heterocycles. The summed E-state index contributed by atoms with van der Waals surface area (Å²) in [6.07, 6.45) is -16.2. The Hall–Kier alpha value is -1.47. The largest absolute Gasteiger partial charge is 0.481 e. The maximum atomic E-state index is 13.2.